The third-order valence-corrected chi connectivity index (χ3v) is 5.40. The number of para-hydroxylation sites is 1. The molecule has 0 aromatic heterocycles. The van der Waals surface area contributed by atoms with Crippen molar-refractivity contribution >= 4 is 29.9 Å². The summed E-state index contributed by atoms with van der Waals surface area (Å²) >= 11 is 0. The summed E-state index contributed by atoms with van der Waals surface area (Å²) in [6, 6.07) is 5.61. The molecular formula is C18H25ClFN3O3. The average Bonchev–Trinajstić information content (AvgIpc) is 3.02. The molecule has 6 nitrogen and oxygen atoms in total. The van der Waals surface area contributed by atoms with E-state index in [2.05, 4.69) is 0 Å². The smallest absolute Gasteiger partial charge is 0.249 e. The number of benzene rings is 1. The molecule has 1 unspecified atom stereocenters. The van der Waals surface area contributed by atoms with E-state index in [0.29, 0.717) is 39.0 Å². The van der Waals surface area contributed by atoms with Crippen LogP contribution in [0, 0.1) is 11.2 Å². The van der Waals surface area contributed by atoms with E-state index in [0.717, 1.165) is 0 Å². The normalized spacial score (nSPS) is 22.0. The molecule has 144 valence electrons. The minimum Gasteiger partial charge on any atom is -0.381 e. The van der Waals surface area contributed by atoms with Crippen molar-refractivity contribution in [2.24, 2.45) is 11.1 Å². The first-order valence-electron chi connectivity index (χ1n) is 8.61. The Balaban J connectivity index is 0.00000243. The van der Waals surface area contributed by atoms with Gasteiger partial charge >= 0.3 is 0 Å². The number of likely N-dealkylation sites (N-methyl/N-ethyl adjacent to an activating group) is 1. The van der Waals surface area contributed by atoms with E-state index in [-0.39, 0.29) is 36.5 Å². The van der Waals surface area contributed by atoms with Gasteiger partial charge in [-0.05, 0) is 31.4 Å². The molecule has 8 heteroatoms. The lowest BCUT2D eigenvalue weighted by molar-refractivity contribution is -0.150. The predicted molar refractivity (Wildman–Crippen MR) is 98.7 cm³/mol. The van der Waals surface area contributed by atoms with Crippen LogP contribution in [0.3, 0.4) is 0 Å². The Morgan fingerprint density at radius 2 is 2.04 bits per heavy atom. The first-order chi connectivity index (χ1) is 12.0. The largest absolute Gasteiger partial charge is 0.381 e. The third kappa shape index (κ3) is 3.56. The second-order valence-corrected chi connectivity index (χ2v) is 6.76. The van der Waals surface area contributed by atoms with Gasteiger partial charge in [0.2, 0.25) is 11.8 Å². The maximum Gasteiger partial charge on any atom is 0.249 e. The molecule has 0 radical (unpaired) electrons. The van der Waals surface area contributed by atoms with Crippen LogP contribution >= 0.6 is 12.4 Å². The molecule has 2 fully saturated rings. The van der Waals surface area contributed by atoms with Gasteiger partial charge in [0, 0.05) is 33.4 Å². The topological polar surface area (TPSA) is 75.9 Å². The molecule has 3 rings (SSSR count). The molecule has 2 saturated heterocycles. The molecule has 2 amide bonds. The van der Waals surface area contributed by atoms with Crippen molar-refractivity contribution < 1.29 is 18.7 Å². The summed E-state index contributed by atoms with van der Waals surface area (Å²) in [5.41, 5.74) is 5.49. The van der Waals surface area contributed by atoms with Gasteiger partial charge in [-0.1, -0.05) is 12.1 Å². The first-order valence-corrected chi connectivity index (χ1v) is 8.61. The highest BCUT2D eigenvalue weighted by atomic mass is 35.5. The molecule has 2 N–H and O–H groups in total. The SMILES string of the molecule is CN(C(=O)C1(CN)CCOCC1)C1CCN(c2ccccc2F)C1=O.Cl. The van der Waals surface area contributed by atoms with Crippen LogP contribution in [0.4, 0.5) is 10.1 Å². The number of nitrogens with zero attached hydrogens (tertiary/aromatic N) is 2. The molecule has 1 atom stereocenters. The van der Waals surface area contributed by atoms with E-state index in [1.54, 1.807) is 25.2 Å². The van der Waals surface area contributed by atoms with Gasteiger partial charge in [-0.2, -0.15) is 0 Å². The van der Waals surface area contributed by atoms with E-state index >= 15 is 0 Å². The molecule has 2 heterocycles. The van der Waals surface area contributed by atoms with Crippen molar-refractivity contribution in [3.05, 3.63) is 30.1 Å². The number of anilines is 1. The molecule has 2 aliphatic rings. The molecule has 0 aliphatic carbocycles. The molecule has 2 aliphatic heterocycles. The number of ether oxygens (including phenoxy) is 1. The third-order valence-electron chi connectivity index (χ3n) is 5.40. The van der Waals surface area contributed by atoms with Crippen molar-refractivity contribution in [3.63, 3.8) is 0 Å². The second kappa shape index (κ2) is 8.33. The Morgan fingerprint density at radius 3 is 2.65 bits per heavy atom. The van der Waals surface area contributed by atoms with E-state index in [1.807, 2.05) is 0 Å². The Bertz CT molecular complexity index is 667. The molecule has 0 saturated carbocycles. The van der Waals surface area contributed by atoms with Crippen LogP contribution in [0.2, 0.25) is 0 Å². The number of amides is 2. The van der Waals surface area contributed by atoms with Crippen molar-refractivity contribution in [1.82, 2.24) is 4.90 Å². The van der Waals surface area contributed by atoms with E-state index in [1.165, 1.54) is 15.9 Å². The van der Waals surface area contributed by atoms with E-state index in [4.69, 9.17) is 10.5 Å². The monoisotopic (exact) mass is 385 g/mol. The zero-order valence-electron chi connectivity index (χ0n) is 14.8. The number of halogens is 2. The number of hydrogen-bond donors (Lipinski definition) is 1. The highest BCUT2D eigenvalue weighted by molar-refractivity contribution is 6.01. The van der Waals surface area contributed by atoms with E-state index < -0.39 is 17.3 Å². The zero-order chi connectivity index (χ0) is 18.0. The zero-order valence-corrected chi connectivity index (χ0v) is 15.6. The van der Waals surface area contributed by atoms with E-state index in [9.17, 15) is 14.0 Å². The summed E-state index contributed by atoms with van der Waals surface area (Å²) in [4.78, 5) is 28.7. The van der Waals surface area contributed by atoms with Gasteiger partial charge in [0.25, 0.3) is 0 Å². The summed E-state index contributed by atoms with van der Waals surface area (Å²) < 4.78 is 19.4. The average molecular weight is 386 g/mol. The van der Waals surface area contributed by atoms with Gasteiger partial charge in [-0.25, -0.2) is 4.39 Å². The van der Waals surface area contributed by atoms with Crippen molar-refractivity contribution in [2.45, 2.75) is 25.3 Å². The number of rotatable bonds is 4. The van der Waals surface area contributed by atoms with Crippen LogP contribution < -0.4 is 10.6 Å². The Morgan fingerprint density at radius 1 is 1.38 bits per heavy atom. The molecule has 1 aromatic carbocycles. The van der Waals surface area contributed by atoms with Crippen LogP contribution in [-0.4, -0.2) is 56.1 Å². The predicted octanol–water partition coefficient (Wildman–Crippen LogP) is 1.57. The van der Waals surface area contributed by atoms with Gasteiger partial charge < -0.3 is 20.3 Å². The minimum absolute atomic E-state index is 0. The Kier molecular flexibility index (Phi) is 6.60. The van der Waals surface area contributed by atoms with Gasteiger partial charge in [0.05, 0.1) is 11.1 Å². The van der Waals surface area contributed by atoms with Gasteiger partial charge in [-0.3, -0.25) is 9.59 Å². The lowest BCUT2D eigenvalue weighted by Gasteiger charge is -2.39. The Labute approximate surface area is 158 Å². The molecule has 0 spiro atoms. The highest BCUT2D eigenvalue weighted by Crippen LogP contribution is 2.34. The van der Waals surface area contributed by atoms with Gasteiger partial charge in [0.1, 0.15) is 11.9 Å². The summed E-state index contributed by atoms with van der Waals surface area (Å²) in [5, 5.41) is 0. The minimum atomic E-state index is -0.668. The summed E-state index contributed by atoms with van der Waals surface area (Å²) in [6.07, 6.45) is 1.60. The van der Waals surface area contributed by atoms with Crippen LogP contribution in [0.1, 0.15) is 19.3 Å². The number of carbonyl (C=O) groups is 2. The summed E-state index contributed by atoms with van der Waals surface area (Å²) in [7, 11) is 1.64. The van der Waals surface area contributed by atoms with Crippen LogP contribution in [0.25, 0.3) is 0 Å². The summed E-state index contributed by atoms with van der Waals surface area (Å²) in [6.45, 7) is 1.62. The lowest BCUT2D eigenvalue weighted by Crippen LogP contribution is -2.54. The summed E-state index contributed by atoms with van der Waals surface area (Å²) in [5.74, 6) is -0.805. The molecule has 0 bridgehead atoms. The quantitative estimate of drug-likeness (QED) is 0.853. The second-order valence-electron chi connectivity index (χ2n) is 6.76. The fourth-order valence-corrected chi connectivity index (χ4v) is 3.72. The van der Waals surface area contributed by atoms with Crippen molar-refractivity contribution in [1.29, 1.82) is 0 Å². The molecule has 26 heavy (non-hydrogen) atoms. The van der Waals surface area contributed by atoms with Crippen molar-refractivity contribution in [3.8, 4) is 0 Å². The fourth-order valence-electron chi connectivity index (χ4n) is 3.72. The maximum atomic E-state index is 14.0. The van der Waals surface area contributed by atoms with Gasteiger partial charge in [0.15, 0.2) is 0 Å². The molecule has 1 aromatic rings. The number of carbonyl (C=O) groups excluding carboxylic acids is 2. The fraction of sp³-hybridized carbons (Fsp3) is 0.556. The lowest BCUT2D eigenvalue weighted by atomic mass is 9.78. The van der Waals surface area contributed by atoms with Crippen LogP contribution in [0.15, 0.2) is 24.3 Å². The highest BCUT2D eigenvalue weighted by Gasteiger charge is 2.45. The molecular weight excluding hydrogens is 361 g/mol. The number of nitrogens with two attached hydrogens (primary N) is 1. The van der Waals surface area contributed by atoms with Crippen LogP contribution in [-0.2, 0) is 14.3 Å². The Hall–Kier alpha value is -1.70. The number of hydrogen-bond acceptors (Lipinski definition) is 4. The first kappa shape index (κ1) is 20.6. The van der Waals surface area contributed by atoms with Crippen molar-refractivity contribution in [2.75, 3.05) is 38.3 Å². The van der Waals surface area contributed by atoms with Crippen LogP contribution in [0.5, 0.6) is 0 Å². The standard InChI is InChI=1S/C18H24FN3O3.ClH/c1-21(17(24)18(12-20)7-10-25-11-8-18)15-6-9-22(16(15)23)14-5-3-2-4-13(14)19;/h2-5,15H,6-12,20H2,1H3;1H. The maximum absolute atomic E-state index is 14.0. The van der Waals surface area contributed by atoms with Gasteiger partial charge in [-0.15, -0.1) is 12.4 Å².